The number of aromatic hydroxyl groups is 2. The Kier molecular flexibility index (Phi) is 6.26. The van der Waals surface area contributed by atoms with Gasteiger partial charge in [-0.05, 0) is 18.9 Å². The number of rotatable bonds is 4. The standard InChI is InChI=1S/C17H24N2O4/c20-11-18-15-10-13(21)9-14(16(15)22)17(23)19-12-7-5-3-1-2-4-6-8-12/h9-12,21-22H,1-8H2,(H,18,20)(H,19,23). The molecule has 0 bridgehead atoms. The lowest BCUT2D eigenvalue weighted by Crippen LogP contribution is -2.34. The first-order valence-corrected chi connectivity index (χ1v) is 8.19. The Hall–Kier alpha value is -2.24. The molecule has 23 heavy (non-hydrogen) atoms. The molecule has 0 aliphatic heterocycles. The molecular weight excluding hydrogens is 296 g/mol. The Bertz CT molecular complexity index is 550. The molecule has 1 aliphatic rings. The third-order valence-corrected chi connectivity index (χ3v) is 4.24. The number of nitrogens with one attached hydrogen (secondary N) is 2. The normalized spacial score (nSPS) is 16.7. The molecule has 1 aromatic carbocycles. The number of phenolic OH excluding ortho intramolecular Hbond substituents is 2. The van der Waals surface area contributed by atoms with Gasteiger partial charge in [-0.1, -0.05) is 38.5 Å². The molecule has 0 atom stereocenters. The molecule has 1 aliphatic carbocycles. The number of amides is 2. The number of hydrogen-bond donors (Lipinski definition) is 4. The van der Waals surface area contributed by atoms with Gasteiger partial charge in [0.15, 0.2) is 5.75 Å². The zero-order valence-corrected chi connectivity index (χ0v) is 13.2. The van der Waals surface area contributed by atoms with Gasteiger partial charge in [0.1, 0.15) is 5.75 Å². The second-order valence-corrected chi connectivity index (χ2v) is 6.02. The second-order valence-electron chi connectivity index (χ2n) is 6.02. The predicted octanol–water partition coefficient (Wildman–Crippen LogP) is 2.90. The smallest absolute Gasteiger partial charge is 0.255 e. The van der Waals surface area contributed by atoms with Gasteiger partial charge in [-0.15, -0.1) is 0 Å². The Morgan fingerprint density at radius 3 is 2.26 bits per heavy atom. The maximum atomic E-state index is 12.4. The van der Waals surface area contributed by atoms with Gasteiger partial charge in [0.2, 0.25) is 6.41 Å². The van der Waals surface area contributed by atoms with Gasteiger partial charge in [0, 0.05) is 12.1 Å². The van der Waals surface area contributed by atoms with E-state index in [1.165, 1.54) is 37.8 Å². The van der Waals surface area contributed by atoms with Crippen LogP contribution in [0.3, 0.4) is 0 Å². The summed E-state index contributed by atoms with van der Waals surface area (Å²) >= 11 is 0. The fraction of sp³-hybridized carbons (Fsp3) is 0.529. The van der Waals surface area contributed by atoms with E-state index in [9.17, 15) is 19.8 Å². The molecule has 0 unspecified atom stereocenters. The van der Waals surface area contributed by atoms with Crippen molar-refractivity contribution in [1.29, 1.82) is 0 Å². The van der Waals surface area contributed by atoms with Crippen LogP contribution in [0.15, 0.2) is 12.1 Å². The first kappa shape index (κ1) is 17.1. The van der Waals surface area contributed by atoms with Crippen molar-refractivity contribution in [2.45, 2.75) is 57.4 Å². The maximum Gasteiger partial charge on any atom is 0.255 e. The minimum absolute atomic E-state index is 0.0135. The van der Waals surface area contributed by atoms with E-state index in [-0.39, 0.29) is 28.8 Å². The summed E-state index contributed by atoms with van der Waals surface area (Å²) in [4.78, 5) is 23.0. The fourth-order valence-corrected chi connectivity index (χ4v) is 3.01. The number of phenols is 2. The first-order chi connectivity index (χ1) is 11.1. The second kappa shape index (κ2) is 8.41. The SMILES string of the molecule is O=CNc1cc(O)cc(C(=O)NC2CCCCCCCC2)c1O. The minimum Gasteiger partial charge on any atom is -0.508 e. The van der Waals surface area contributed by atoms with Gasteiger partial charge < -0.3 is 20.8 Å². The number of benzene rings is 1. The highest BCUT2D eigenvalue weighted by Crippen LogP contribution is 2.32. The van der Waals surface area contributed by atoms with E-state index in [0.29, 0.717) is 6.41 Å². The van der Waals surface area contributed by atoms with Gasteiger partial charge in [0.25, 0.3) is 5.91 Å². The van der Waals surface area contributed by atoms with E-state index < -0.39 is 5.91 Å². The largest absolute Gasteiger partial charge is 0.508 e. The highest BCUT2D eigenvalue weighted by atomic mass is 16.3. The minimum atomic E-state index is -0.434. The molecule has 1 saturated carbocycles. The molecule has 2 rings (SSSR count). The molecule has 6 nitrogen and oxygen atoms in total. The molecule has 0 aromatic heterocycles. The summed E-state index contributed by atoms with van der Waals surface area (Å²) in [5.74, 6) is -0.959. The lowest BCUT2D eigenvalue weighted by molar-refractivity contribution is -0.105. The summed E-state index contributed by atoms with van der Waals surface area (Å²) in [6, 6.07) is 2.47. The molecule has 6 heteroatoms. The molecule has 0 radical (unpaired) electrons. The van der Waals surface area contributed by atoms with Crippen LogP contribution in [0.1, 0.15) is 61.7 Å². The van der Waals surface area contributed by atoms with Gasteiger partial charge in [0.05, 0.1) is 11.3 Å². The average Bonchev–Trinajstić information content (AvgIpc) is 2.64. The number of carbonyl (C=O) groups excluding carboxylic acids is 2. The Labute approximate surface area is 135 Å². The molecule has 4 N–H and O–H groups in total. The van der Waals surface area contributed by atoms with Crippen LogP contribution < -0.4 is 10.6 Å². The van der Waals surface area contributed by atoms with Crippen LogP contribution in [0.2, 0.25) is 0 Å². The molecule has 0 spiro atoms. The summed E-state index contributed by atoms with van der Waals surface area (Å²) in [5.41, 5.74) is -0.0196. The third kappa shape index (κ3) is 4.87. The lowest BCUT2D eigenvalue weighted by atomic mass is 10.0. The number of hydrogen-bond acceptors (Lipinski definition) is 4. The summed E-state index contributed by atoms with van der Waals surface area (Å²) in [6.07, 6.45) is 9.23. The Morgan fingerprint density at radius 1 is 1.04 bits per heavy atom. The Morgan fingerprint density at radius 2 is 1.65 bits per heavy atom. The molecule has 1 aromatic rings. The number of anilines is 1. The van der Waals surface area contributed by atoms with Crippen LogP contribution >= 0.6 is 0 Å². The van der Waals surface area contributed by atoms with Crippen molar-refractivity contribution >= 4 is 18.0 Å². The first-order valence-electron chi connectivity index (χ1n) is 8.19. The van der Waals surface area contributed by atoms with Crippen molar-refractivity contribution < 1.29 is 19.8 Å². The molecular formula is C17H24N2O4. The van der Waals surface area contributed by atoms with Crippen LogP contribution in [-0.4, -0.2) is 28.6 Å². The molecule has 0 saturated heterocycles. The van der Waals surface area contributed by atoms with Crippen molar-refractivity contribution in [2.75, 3.05) is 5.32 Å². The van der Waals surface area contributed by atoms with Crippen LogP contribution in [0, 0.1) is 0 Å². The zero-order chi connectivity index (χ0) is 16.7. The molecule has 0 heterocycles. The van der Waals surface area contributed by atoms with E-state index in [1.54, 1.807) is 0 Å². The molecule has 126 valence electrons. The van der Waals surface area contributed by atoms with Gasteiger partial charge in [-0.2, -0.15) is 0 Å². The van der Waals surface area contributed by atoms with Crippen LogP contribution in [-0.2, 0) is 4.79 Å². The summed E-state index contributed by atoms with van der Waals surface area (Å²) in [6.45, 7) is 0. The van der Waals surface area contributed by atoms with Crippen LogP contribution in [0.25, 0.3) is 0 Å². The van der Waals surface area contributed by atoms with E-state index in [1.807, 2.05) is 0 Å². The van der Waals surface area contributed by atoms with E-state index in [4.69, 9.17) is 0 Å². The van der Waals surface area contributed by atoms with E-state index in [0.717, 1.165) is 25.7 Å². The quantitative estimate of drug-likeness (QED) is 0.389. The summed E-state index contributed by atoms with van der Waals surface area (Å²) < 4.78 is 0. The molecule has 1 fully saturated rings. The van der Waals surface area contributed by atoms with Crippen molar-refractivity contribution in [3.63, 3.8) is 0 Å². The topological polar surface area (TPSA) is 98.7 Å². The van der Waals surface area contributed by atoms with Crippen molar-refractivity contribution in [2.24, 2.45) is 0 Å². The maximum absolute atomic E-state index is 12.4. The van der Waals surface area contributed by atoms with Crippen molar-refractivity contribution in [3.05, 3.63) is 17.7 Å². The van der Waals surface area contributed by atoms with Crippen LogP contribution in [0.5, 0.6) is 11.5 Å². The monoisotopic (exact) mass is 320 g/mol. The van der Waals surface area contributed by atoms with Crippen LogP contribution in [0.4, 0.5) is 5.69 Å². The zero-order valence-electron chi connectivity index (χ0n) is 13.2. The van der Waals surface area contributed by atoms with Crippen molar-refractivity contribution in [1.82, 2.24) is 5.32 Å². The van der Waals surface area contributed by atoms with Crippen molar-refractivity contribution in [3.8, 4) is 11.5 Å². The van der Waals surface area contributed by atoms with Gasteiger partial charge in [-0.25, -0.2) is 0 Å². The van der Waals surface area contributed by atoms with Gasteiger partial charge in [-0.3, -0.25) is 9.59 Å². The van der Waals surface area contributed by atoms with E-state index in [2.05, 4.69) is 10.6 Å². The predicted molar refractivity (Wildman–Crippen MR) is 87.6 cm³/mol. The highest BCUT2D eigenvalue weighted by Gasteiger charge is 2.20. The van der Waals surface area contributed by atoms with Gasteiger partial charge >= 0.3 is 0 Å². The van der Waals surface area contributed by atoms with E-state index >= 15 is 0 Å². The Balaban J connectivity index is 2.11. The highest BCUT2D eigenvalue weighted by molar-refractivity contribution is 6.00. The molecule has 2 amide bonds. The average molecular weight is 320 g/mol. The summed E-state index contributed by atoms with van der Waals surface area (Å²) in [5, 5.41) is 25.0. The summed E-state index contributed by atoms with van der Waals surface area (Å²) in [7, 11) is 0. The number of carbonyl (C=O) groups is 2. The fourth-order valence-electron chi connectivity index (χ4n) is 3.01. The third-order valence-electron chi connectivity index (χ3n) is 4.24. The lowest BCUT2D eigenvalue weighted by Gasteiger charge is -2.19.